The number of nitrogens with zero attached hydrogens (tertiary/aromatic N) is 1. The van der Waals surface area contributed by atoms with Crippen molar-refractivity contribution in [2.45, 2.75) is 30.7 Å². The van der Waals surface area contributed by atoms with E-state index >= 15 is 0 Å². The van der Waals surface area contributed by atoms with Gasteiger partial charge in [-0.3, -0.25) is 0 Å². The molecular formula is C12H18ClFN2O2S. The molecule has 0 spiro atoms. The van der Waals surface area contributed by atoms with Gasteiger partial charge in [-0.2, -0.15) is 4.31 Å². The van der Waals surface area contributed by atoms with E-state index in [1.54, 1.807) is 13.0 Å². The highest BCUT2D eigenvalue weighted by Gasteiger charge is 2.30. The van der Waals surface area contributed by atoms with Gasteiger partial charge in [-0.25, -0.2) is 12.8 Å². The van der Waals surface area contributed by atoms with Crippen molar-refractivity contribution in [2.24, 2.45) is 5.73 Å². The Hall–Kier alpha value is -0.690. The quantitative estimate of drug-likeness (QED) is 0.904. The Kier molecular flexibility index (Phi) is 5.32. The van der Waals surface area contributed by atoms with Crippen LogP contribution in [-0.4, -0.2) is 31.9 Å². The van der Waals surface area contributed by atoms with E-state index < -0.39 is 15.8 Å². The second-order valence-corrected chi connectivity index (χ2v) is 6.58. The standard InChI is InChI=1S/C12H17FN2O2S.ClH/c1-9-2-3-12(11(13)8-9)18(16,17)15-6-4-10(14)5-7-15;/h2-3,8,10H,4-7,14H2,1H3;1H. The molecule has 0 radical (unpaired) electrons. The monoisotopic (exact) mass is 308 g/mol. The van der Waals surface area contributed by atoms with Crippen LogP contribution in [0.15, 0.2) is 23.1 Å². The molecule has 1 aromatic carbocycles. The molecule has 0 amide bonds. The molecule has 19 heavy (non-hydrogen) atoms. The highest BCUT2D eigenvalue weighted by atomic mass is 35.5. The smallest absolute Gasteiger partial charge is 0.245 e. The summed E-state index contributed by atoms with van der Waals surface area (Å²) in [5.41, 5.74) is 6.43. The van der Waals surface area contributed by atoms with Crippen molar-refractivity contribution in [2.75, 3.05) is 13.1 Å². The van der Waals surface area contributed by atoms with Crippen molar-refractivity contribution < 1.29 is 12.8 Å². The van der Waals surface area contributed by atoms with Crippen LogP contribution < -0.4 is 5.73 Å². The van der Waals surface area contributed by atoms with Crippen LogP contribution in [0.1, 0.15) is 18.4 Å². The summed E-state index contributed by atoms with van der Waals surface area (Å²) < 4.78 is 39.6. The zero-order valence-electron chi connectivity index (χ0n) is 10.7. The summed E-state index contributed by atoms with van der Waals surface area (Å²) in [5.74, 6) is -0.690. The highest BCUT2D eigenvalue weighted by Crippen LogP contribution is 2.23. The van der Waals surface area contributed by atoms with Crippen LogP contribution in [0, 0.1) is 12.7 Å². The van der Waals surface area contributed by atoms with Gasteiger partial charge in [0.2, 0.25) is 10.0 Å². The summed E-state index contributed by atoms with van der Waals surface area (Å²) in [6, 6.07) is 4.21. The number of hydrogen-bond acceptors (Lipinski definition) is 3. The van der Waals surface area contributed by atoms with Gasteiger partial charge in [0.05, 0.1) is 0 Å². The molecule has 4 nitrogen and oxygen atoms in total. The predicted molar refractivity (Wildman–Crippen MR) is 74.4 cm³/mol. The lowest BCUT2D eigenvalue weighted by Crippen LogP contribution is -2.42. The number of piperidine rings is 1. The number of rotatable bonds is 2. The molecule has 0 atom stereocenters. The Morgan fingerprint density at radius 3 is 2.42 bits per heavy atom. The van der Waals surface area contributed by atoms with Crippen molar-refractivity contribution >= 4 is 22.4 Å². The number of benzene rings is 1. The summed E-state index contributed by atoms with van der Waals surface area (Å²) in [5, 5.41) is 0. The zero-order valence-corrected chi connectivity index (χ0v) is 12.3. The van der Waals surface area contributed by atoms with E-state index in [0.29, 0.717) is 31.5 Å². The number of nitrogens with two attached hydrogens (primary N) is 1. The Bertz CT molecular complexity index is 543. The summed E-state index contributed by atoms with van der Waals surface area (Å²) in [6.45, 7) is 2.44. The van der Waals surface area contributed by atoms with Crippen molar-refractivity contribution in [3.8, 4) is 0 Å². The number of halogens is 2. The fourth-order valence-corrected chi connectivity index (χ4v) is 3.59. The lowest BCUT2D eigenvalue weighted by Gasteiger charge is -2.29. The van der Waals surface area contributed by atoms with Gasteiger partial charge >= 0.3 is 0 Å². The van der Waals surface area contributed by atoms with Gasteiger partial charge in [0.25, 0.3) is 0 Å². The maximum Gasteiger partial charge on any atom is 0.245 e. The van der Waals surface area contributed by atoms with E-state index in [1.165, 1.54) is 16.4 Å². The number of sulfonamides is 1. The molecule has 0 bridgehead atoms. The molecule has 1 aliphatic heterocycles. The third kappa shape index (κ3) is 3.45. The Balaban J connectivity index is 0.00000180. The number of aryl methyl sites for hydroxylation is 1. The van der Waals surface area contributed by atoms with Gasteiger partial charge in [-0.15, -0.1) is 12.4 Å². The fourth-order valence-electron chi connectivity index (χ4n) is 2.07. The molecule has 2 N–H and O–H groups in total. The largest absolute Gasteiger partial charge is 0.328 e. The molecule has 0 aromatic heterocycles. The van der Waals surface area contributed by atoms with E-state index in [4.69, 9.17) is 5.73 Å². The van der Waals surface area contributed by atoms with E-state index in [9.17, 15) is 12.8 Å². The molecule has 1 aromatic rings. The zero-order chi connectivity index (χ0) is 13.3. The first-order chi connectivity index (χ1) is 8.41. The van der Waals surface area contributed by atoms with Crippen LogP contribution in [0.3, 0.4) is 0 Å². The lowest BCUT2D eigenvalue weighted by atomic mass is 10.1. The average molecular weight is 309 g/mol. The molecule has 0 aliphatic carbocycles. The van der Waals surface area contributed by atoms with Crippen LogP contribution >= 0.6 is 12.4 Å². The van der Waals surface area contributed by atoms with Crippen LogP contribution in [-0.2, 0) is 10.0 Å². The van der Waals surface area contributed by atoms with Crippen molar-refractivity contribution in [3.05, 3.63) is 29.6 Å². The van der Waals surface area contributed by atoms with Crippen LogP contribution in [0.5, 0.6) is 0 Å². The van der Waals surface area contributed by atoms with Crippen LogP contribution in [0.4, 0.5) is 4.39 Å². The van der Waals surface area contributed by atoms with Crippen molar-refractivity contribution in [1.29, 1.82) is 0 Å². The Morgan fingerprint density at radius 1 is 1.32 bits per heavy atom. The second-order valence-electron chi connectivity index (χ2n) is 4.68. The first kappa shape index (κ1) is 16.4. The van der Waals surface area contributed by atoms with Crippen LogP contribution in [0.25, 0.3) is 0 Å². The normalized spacial score (nSPS) is 18.1. The lowest BCUT2D eigenvalue weighted by molar-refractivity contribution is 0.319. The summed E-state index contributed by atoms with van der Waals surface area (Å²) in [7, 11) is -3.73. The molecular weight excluding hydrogens is 291 g/mol. The van der Waals surface area contributed by atoms with E-state index in [0.717, 1.165) is 0 Å². The Morgan fingerprint density at radius 2 is 1.89 bits per heavy atom. The molecule has 7 heteroatoms. The Labute approximate surface area is 119 Å². The molecule has 1 aliphatic rings. The van der Waals surface area contributed by atoms with Gasteiger partial charge in [-0.1, -0.05) is 6.07 Å². The molecule has 1 saturated heterocycles. The SMILES string of the molecule is Cc1ccc(S(=O)(=O)N2CCC(N)CC2)c(F)c1.Cl. The second kappa shape index (κ2) is 6.17. The van der Waals surface area contributed by atoms with Gasteiger partial charge in [-0.05, 0) is 37.5 Å². The third-order valence-corrected chi connectivity index (χ3v) is 5.14. The third-order valence-electron chi connectivity index (χ3n) is 3.20. The molecule has 1 fully saturated rings. The van der Waals surface area contributed by atoms with E-state index in [2.05, 4.69) is 0 Å². The molecule has 108 valence electrons. The topological polar surface area (TPSA) is 63.4 Å². The maximum atomic E-state index is 13.7. The minimum absolute atomic E-state index is 0. The van der Waals surface area contributed by atoms with E-state index in [-0.39, 0.29) is 23.3 Å². The summed E-state index contributed by atoms with van der Waals surface area (Å²) >= 11 is 0. The van der Waals surface area contributed by atoms with Crippen molar-refractivity contribution in [3.63, 3.8) is 0 Å². The van der Waals surface area contributed by atoms with E-state index in [1.807, 2.05) is 0 Å². The highest BCUT2D eigenvalue weighted by molar-refractivity contribution is 7.89. The first-order valence-electron chi connectivity index (χ1n) is 5.93. The summed E-state index contributed by atoms with van der Waals surface area (Å²) in [6.07, 6.45) is 1.24. The number of hydrogen-bond donors (Lipinski definition) is 1. The first-order valence-corrected chi connectivity index (χ1v) is 7.37. The molecule has 1 heterocycles. The van der Waals surface area contributed by atoms with Gasteiger partial charge in [0.1, 0.15) is 10.7 Å². The van der Waals surface area contributed by atoms with Gasteiger partial charge in [0, 0.05) is 19.1 Å². The van der Waals surface area contributed by atoms with Gasteiger partial charge in [0.15, 0.2) is 0 Å². The maximum absolute atomic E-state index is 13.7. The fraction of sp³-hybridized carbons (Fsp3) is 0.500. The minimum Gasteiger partial charge on any atom is -0.328 e. The predicted octanol–water partition coefficient (Wildman–Crippen LogP) is 1.67. The molecule has 0 saturated carbocycles. The molecule has 2 rings (SSSR count). The molecule has 0 unspecified atom stereocenters. The average Bonchev–Trinajstić information content (AvgIpc) is 2.29. The van der Waals surface area contributed by atoms with Crippen LogP contribution in [0.2, 0.25) is 0 Å². The van der Waals surface area contributed by atoms with Crippen molar-refractivity contribution in [1.82, 2.24) is 4.31 Å². The summed E-state index contributed by atoms with van der Waals surface area (Å²) in [4.78, 5) is -0.247. The van der Waals surface area contributed by atoms with Gasteiger partial charge < -0.3 is 5.73 Å². The minimum atomic E-state index is -3.73.